The average molecular weight is 380 g/mol. The van der Waals surface area contributed by atoms with Crippen molar-refractivity contribution in [3.05, 3.63) is 65.2 Å². The molecule has 1 heterocycles. The fourth-order valence-corrected chi connectivity index (χ4v) is 3.48. The van der Waals surface area contributed by atoms with Crippen LogP contribution in [-0.2, 0) is 0 Å². The van der Waals surface area contributed by atoms with Crippen LogP contribution in [0.1, 0.15) is 53.0 Å². The molecule has 5 heteroatoms. The van der Waals surface area contributed by atoms with E-state index in [9.17, 15) is 9.59 Å². The van der Waals surface area contributed by atoms with Crippen LogP contribution in [0.25, 0.3) is 0 Å². The van der Waals surface area contributed by atoms with Gasteiger partial charge in [0.1, 0.15) is 12.4 Å². The van der Waals surface area contributed by atoms with E-state index in [1.54, 1.807) is 24.3 Å². The summed E-state index contributed by atoms with van der Waals surface area (Å²) in [6, 6.07) is 15.0. The van der Waals surface area contributed by atoms with Crippen LogP contribution in [0.5, 0.6) is 5.75 Å². The van der Waals surface area contributed by atoms with Crippen molar-refractivity contribution in [2.24, 2.45) is 0 Å². The summed E-state index contributed by atoms with van der Waals surface area (Å²) in [5.41, 5.74) is 2.36. The summed E-state index contributed by atoms with van der Waals surface area (Å²) in [5, 5.41) is 2.87. The van der Waals surface area contributed by atoms with Crippen LogP contribution in [0.3, 0.4) is 0 Å². The van der Waals surface area contributed by atoms with Gasteiger partial charge in [-0.05, 0) is 69.5 Å². The van der Waals surface area contributed by atoms with Gasteiger partial charge in [-0.15, -0.1) is 0 Å². The summed E-state index contributed by atoms with van der Waals surface area (Å²) in [5.74, 6) is 0.688. The Balaban J connectivity index is 1.60. The lowest BCUT2D eigenvalue weighted by molar-refractivity contribution is 0.0690. The molecule has 1 aliphatic rings. The van der Waals surface area contributed by atoms with Gasteiger partial charge in [0.15, 0.2) is 0 Å². The predicted octanol–water partition coefficient (Wildman–Crippen LogP) is 3.82. The molecule has 2 aromatic carbocycles. The quantitative estimate of drug-likeness (QED) is 0.829. The molecule has 1 unspecified atom stereocenters. The summed E-state index contributed by atoms with van der Waals surface area (Å²) in [7, 11) is 0. The van der Waals surface area contributed by atoms with Crippen LogP contribution >= 0.6 is 0 Å². The van der Waals surface area contributed by atoms with E-state index < -0.39 is 0 Å². The van der Waals surface area contributed by atoms with Gasteiger partial charge in [-0.25, -0.2) is 0 Å². The normalized spacial score (nSPS) is 16.3. The number of aryl methyl sites for hydroxylation is 1. The summed E-state index contributed by atoms with van der Waals surface area (Å²) >= 11 is 0. The molecular weight excluding hydrogens is 352 g/mol. The Hall–Kier alpha value is -2.82. The van der Waals surface area contributed by atoms with Crippen molar-refractivity contribution in [2.45, 2.75) is 45.7 Å². The van der Waals surface area contributed by atoms with Gasteiger partial charge in [0.05, 0.1) is 6.04 Å². The second-order valence-corrected chi connectivity index (χ2v) is 7.57. The number of likely N-dealkylation sites (tertiary alicyclic amines) is 1. The molecule has 0 bridgehead atoms. The monoisotopic (exact) mass is 380 g/mol. The predicted molar refractivity (Wildman–Crippen MR) is 110 cm³/mol. The second kappa shape index (κ2) is 8.91. The molecule has 1 saturated heterocycles. The molecule has 148 valence electrons. The first-order valence-corrected chi connectivity index (χ1v) is 9.86. The third-order valence-electron chi connectivity index (χ3n) is 4.99. The minimum atomic E-state index is -0.0904. The van der Waals surface area contributed by atoms with Gasteiger partial charge in [0.25, 0.3) is 11.8 Å². The lowest BCUT2D eigenvalue weighted by Gasteiger charge is -2.25. The SMILES string of the molecule is Cc1ccccc1C(=O)N1CCCC1COc1ccc(C(=O)NC(C)C)cc1. The van der Waals surface area contributed by atoms with Gasteiger partial charge < -0.3 is 15.0 Å². The van der Waals surface area contributed by atoms with Crippen molar-refractivity contribution >= 4 is 11.8 Å². The maximum absolute atomic E-state index is 12.9. The Kier molecular flexibility index (Phi) is 6.34. The number of nitrogens with zero attached hydrogens (tertiary/aromatic N) is 1. The standard InChI is InChI=1S/C23H28N2O3/c1-16(2)24-22(26)18-10-12-20(13-11-18)28-15-19-8-6-14-25(19)23(27)21-9-5-4-7-17(21)3/h4-5,7,9-13,16,19H,6,8,14-15H2,1-3H3,(H,24,26). The van der Waals surface area contributed by atoms with Crippen molar-refractivity contribution in [1.29, 1.82) is 0 Å². The molecule has 0 aliphatic carbocycles. The van der Waals surface area contributed by atoms with E-state index in [1.165, 1.54) is 0 Å². The summed E-state index contributed by atoms with van der Waals surface area (Å²) < 4.78 is 5.93. The Morgan fingerprint density at radius 3 is 2.54 bits per heavy atom. The highest BCUT2D eigenvalue weighted by atomic mass is 16.5. The Morgan fingerprint density at radius 1 is 1.14 bits per heavy atom. The number of hydrogen-bond acceptors (Lipinski definition) is 3. The number of nitrogens with one attached hydrogen (secondary N) is 1. The van der Waals surface area contributed by atoms with Crippen molar-refractivity contribution < 1.29 is 14.3 Å². The molecule has 1 aliphatic heterocycles. The largest absolute Gasteiger partial charge is 0.491 e. The van der Waals surface area contributed by atoms with E-state index in [2.05, 4.69) is 5.32 Å². The number of ether oxygens (including phenoxy) is 1. The van der Waals surface area contributed by atoms with Gasteiger partial charge in [-0.2, -0.15) is 0 Å². The van der Waals surface area contributed by atoms with Crippen molar-refractivity contribution in [2.75, 3.05) is 13.2 Å². The van der Waals surface area contributed by atoms with Gasteiger partial charge >= 0.3 is 0 Å². The molecule has 1 fully saturated rings. The highest BCUT2D eigenvalue weighted by molar-refractivity contribution is 5.96. The van der Waals surface area contributed by atoms with Crippen LogP contribution in [0.4, 0.5) is 0 Å². The fourth-order valence-electron chi connectivity index (χ4n) is 3.48. The molecule has 2 amide bonds. The molecule has 0 spiro atoms. The van der Waals surface area contributed by atoms with E-state index in [4.69, 9.17) is 4.74 Å². The third-order valence-corrected chi connectivity index (χ3v) is 4.99. The lowest BCUT2D eigenvalue weighted by Crippen LogP contribution is -2.39. The van der Waals surface area contributed by atoms with Crippen LogP contribution in [-0.4, -0.2) is 41.9 Å². The minimum absolute atomic E-state index is 0.0658. The molecule has 1 atom stereocenters. The van der Waals surface area contributed by atoms with Gasteiger partial charge in [-0.1, -0.05) is 18.2 Å². The zero-order chi connectivity index (χ0) is 20.1. The van der Waals surface area contributed by atoms with Crippen molar-refractivity contribution in [3.8, 4) is 5.75 Å². The van der Waals surface area contributed by atoms with Crippen LogP contribution in [0.15, 0.2) is 48.5 Å². The third kappa shape index (κ3) is 4.71. The average Bonchev–Trinajstić information content (AvgIpc) is 3.14. The van der Waals surface area contributed by atoms with E-state index in [-0.39, 0.29) is 23.9 Å². The Labute approximate surface area is 166 Å². The van der Waals surface area contributed by atoms with Gasteiger partial charge in [0, 0.05) is 23.7 Å². The summed E-state index contributed by atoms with van der Waals surface area (Å²) in [4.78, 5) is 26.9. The molecule has 2 aromatic rings. The number of carbonyl (C=O) groups excluding carboxylic acids is 2. The Morgan fingerprint density at radius 2 is 1.86 bits per heavy atom. The molecular formula is C23H28N2O3. The highest BCUT2D eigenvalue weighted by Crippen LogP contribution is 2.23. The van der Waals surface area contributed by atoms with E-state index in [1.807, 2.05) is 49.9 Å². The molecule has 28 heavy (non-hydrogen) atoms. The molecule has 0 radical (unpaired) electrons. The number of amides is 2. The highest BCUT2D eigenvalue weighted by Gasteiger charge is 2.30. The lowest BCUT2D eigenvalue weighted by atomic mass is 10.1. The Bertz CT molecular complexity index is 830. The van der Waals surface area contributed by atoms with Crippen LogP contribution in [0.2, 0.25) is 0 Å². The topological polar surface area (TPSA) is 58.6 Å². The van der Waals surface area contributed by atoms with Crippen molar-refractivity contribution in [3.63, 3.8) is 0 Å². The van der Waals surface area contributed by atoms with Gasteiger partial charge in [0.2, 0.25) is 0 Å². The fraction of sp³-hybridized carbons (Fsp3) is 0.391. The van der Waals surface area contributed by atoms with E-state index >= 15 is 0 Å². The first-order valence-electron chi connectivity index (χ1n) is 9.86. The summed E-state index contributed by atoms with van der Waals surface area (Å²) in [6.45, 7) is 7.04. The minimum Gasteiger partial charge on any atom is -0.491 e. The molecule has 1 N–H and O–H groups in total. The van der Waals surface area contributed by atoms with Crippen molar-refractivity contribution in [1.82, 2.24) is 10.2 Å². The van der Waals surface area contributed by atoms with Gasteiger partial charge in [-0.3, -0.25) is 9.59 Å². The smallest absolute Gasteiger partial charge is 0.254 e. The zero-order valence-corrected chi connectivity index (χ0v) is 16.8. The molecule has 0 aromatic heterocycles. The summed E-state index contributed by atoms with van der Waals surface area (Å²) in [6.07, 6.45) is 1.92. The van der Waals surface area contributed by atoms with E-state index in [0.717, 1.165) is 30.5 Å². The maximum Gasteiger partial charge on any atom is 0.254 e. The molecule has 3 rings (SSSR count). The van der Waals surface area contributed by atoms with Crippen LogP contribution in [0, 0.1) is 6.92 Å². The second-order valence-electron chi connectivity index (χ2n) is 7.57. The molecule has 5 nitrogen and oxygen atoms in total. The number of benzene rings is 2. The first kappa shape index (κ1) is 19.9. The van der Waals surface area contributed by atoms with E-state index in [0.29, 0.717) is 17.9 Å². The molecule has 0 saturated carbocycles. The zero-order valence-electron chi connectivity index (χ0n) is 16.8. The van der Waals surface area contributed by atoms with Crippen LogP contribution < -0.4 is 10.1 Å². The number of carbonyl (C=O) groups is 2. The number of rotatable bonds is 6. The maximum atomic E-state index is 12.9. The number of hydrogen-bond donors (Lipinski definition) is 1. The first-order chi connectivity index (χ1) is 13.5.